The number of aliphatic hydroxyl groups excluding tert-OH is 1. The van der Waals surface area contributed by atoms with Crippen molar-refractivity contribution >= 4 is 0 Å². The standard InChI is InChI=1S/C11H16O2/c1-8-4-5-11(13-7-6-12)10(3)9(8)2/h4-5,12H,6-7H2,1-3H3. The van der Waals surface area contributed by atoms with E-state index >= 15 is 0 Å². The van der Waals surface area contributed by atoms with Crippen molar-refractivity contribution in [2.75, 3.05) is 13.2 Å². The highest BCUT2D eigenvalue weighted by Gasteiger charge is 2.03. The third-order valence-corrected chi connectivity index (χ3v) is 2.36. The van der Waals surface area contributed by atoms with Crippen molar-refractivity contribution in [1.29, 1.82) is 0 Å². The Morgan fingerprint density at radius 1 is 1.15 bits per heavy atom. The van der Waals surface area contributed by atoms with E-state index in [4.69, 9.17) is 9.84 Å². The van der Waals surface area contributed by atoms with Crippen LogP contribution in [0.15, 0.2) is 12.1 Å². The Morgan fingerprint density at radius 2 is 1.85 bits per heavy atom. The summed E-state index contributed by atoms with van der Waals surface area (Å²) in [6.45, 7) is 6.62. The predicted octanol–water partition coefficient (Wildman–Crippen LogP) is 1.98. The Balaban J connectivity index is 2.90. The van der Waals surface area contributed by atoms with Crippen LogP contribution in [0, 0.1) is 20.8 Å². The number of rotatable bonds is 3. The molecule has 0 aliphatic heterocycles. The van der Waals surface area contributed by atoms with E-state index in [1.807, 2.05) is 19.1 Å². The van der Waals surface area contributed by atoms with Gasteiger partial charge in [-0.15, -0.1) is 0 Å². The minimum absolute atomic E-state index is 0.0619. The maximum atomic E-state index is 8.62. The quantitative estimate of drug-likeness (QED) is 0.770. The Bertz CT molecular complexity index is 292. The van der Waals surface area contributed by atoms with Crippen LogP contribution in [0.4, 0.5) is 0 Å². The number of ether oxygens (including phenoxy) is 1. The second-order valence-corrected chi connectivity index (χ2v) is 3.20. The highest BCUT2D eigenvalue weighted by Crippen LogP contribution is 2.23. The van der Waals surface area contributed by atoms with E-state index in [1.165, 1.54) is 11.1 Å². The second-order valence-electron chi connectivity index (χ2n) is 3.20. The Labute approximate surface area is 79.2 Å². The van der Waals surface area contributed by atoms with Gasteiger partial charge in [0.05, 0.1) is 6.61 Å². The van der Waals surface area contributed by atoms with Crippen LogP contribution in [0.3, 0.4) is 0 Å². The molecule has 1 rings (SSSR count). The highest BCUT2D eigenvalue weighted by molar-refractivity contribution is 5.42. The molecule has 0 atom stereocenters. The van der Waals surface area contributed by atoms with Crippen molar-refractivity contribution < 1.29 is 9.84 Å². The maximum Gasteiger partial charge on any atom is 0.122 e. The molecular formula is C11H16O2. The minimum Gasteiger partial charge on any atom is -0.491 e. The van der Waals surface area contributed by atoms with Crippen LogP contribution in [-0.4, -0.2) is 18.3 Å². The summed E-state index contributed by atoms with van der Waals surface area (Å²) in [5.41, 5.74) is 3.69. The molecule has 0 bridgehead atoms. The molecule has 1 aromatic carbocycles. The molecule has 0 unspecified atom stereocenters. The van der Waals surface area contributed by atoms with E-state index in [-0.39, 0.29) is 6.61 Å². The largest absolute Gasteiger partial charge is 0.491 e. The minimum atomic E-state index is 0.0619. The van der Waals surface area contributed by atoms with Crippen LogP contribution < -0.4 is 4.74 Å². The van der Waals surface area contributed by atoms with E-state index in [9.17, 15) is 0 Å². The molecule has 72 valence electrons. The Hall–Kier alpha value is -1.02. The van der Waals surface area contributed by atoms with Crippen LogP contribution in [0.5, 0.6) is 5.75 Å². The van der Waals surface area contributed by atoms with Gasteiger partial charge < -0.3 is 9.84 Å². The van der Waals surface area contributed by atoms with Gasteiger partial charge in [-0.25, -0.2) is 0 Å². The third-order valence-electron chi connectivity index (χ3n) is 2.36. The van der Waals surface area contributed by atoms with Crippen molar-refractivity contribution in [1.82, 2.24) is 0 Å². The molecule has 0 spiro atoms. The van der Waals surface area contributed by atoms with E-state index in [0.29, 0.717) is 6.61 Å². The average molecular weight is 180 g/mol. The number of aryl methyl sites for hydroxylation is 1. The Kier molecular flexibility index (Phi) is 3.32. The van der Waals surface area contributed by atoms with Crippen LogP contribution in [0.1, 0.15) is 16.7 Å². The molecule has 2 heteroatoms. The zero-order valence-electron chi connectivity index (χ0n) is 8.42. The van der Waals surface area contributed by atoms with E-state index in [2.05, 4.69) is 13.8 Å². The molecule has 13 heavy (non-hydrogen) atoms. The van der Waals surface area contributed by atoms with Crippen molar-refractivity contribution in [2.24, 2.45) is 0 Å². The van der Waals surface area contributed by atoms with Gasteiger partial charge in [0.25, 0.3) is 0 Å². The number of hydrogen-bond acceptors (Lipinski definition) is 2. The van der Waals surface area contributed by atoms with Crippen molar-refractivity contribution in [2.45, 2.75) is 20.8 Å². The molecule has 0 saturated heterocycles. The summed E-state index contributed by atoms with van der Waals surface area (Å²) in [6.07, 6.45) is 0. The smallest absolute Gasteiger partial charge is 0.122 e. The first-order valence-electron chi connectivity index (χ1n) is 4.47. The maximum absolute atomic E-state index is 8.62. The molecular weight excluding hydrogens is 164 g/mol. The summed E-state index contributed by atoms with van der Waals surface area (Å²) in [5, 5.41) is 8.62. The first-order chi connectivity index (χ1) is 6.16. The highest BCUT2D eigenvalue weighted by atomic mass is 16.5. The molecule has 0 aromatic heterocycles. The van der Waals surface area contributed by atoms with Crippen LogP contribution in [0.2, 0.25) is 0 Å². The van der Waals surface area contributed by atoms with Gasteiger partial charge in [0.15, 0.2) is 0 Å². The summed E-state index contributed by atoms with van der Waals surface area (Å²) in [4.78, 5) is 0. The lowest BCUT2D eigenvalue weighted by Crippen LogP contribution is -2.03. The van der Waals surface area contributed by atoms with Crippen molar-refractivity contribution in [3.05, 3.63) is 28.8 Å². The molecule has 0 fully saturated rings. The molecule has 0 saturated carbocycles. The summed E-state index contributed by atoms with van der Waals surface area (Å²) in [6, 6.07) is 3.99. The van der Waals surface area contributed by atoms with E-state index < -0.39 is 0 Å². The van der Waals surface area contributed by atoms with Gasteiger partial charge in [-0.3, -0.25) is 0 Å². The van der Waals surface area contributed by atoms with Crippen molar-refractivity contribution in [3.8, 4) is 5.75 Å². The Morgan fingerprint density at radius 3 is 2.46 bits per heavy atom. The number of benzene rings is 1. The lowest BCUT2D eigenvalue weighted by molar-refractivity contribution is 0.200. The molecule has 1 N–H and O–H groups in total. The number of hydrogen-bond donors (Lipinski definition) is 1. The zero-order chi connectivity index (χ0) is 9.84. The fourth-order valence-electron chi connectivity index (χ4n) is 1.24. The SMILES string of the molecule is Cc1ccc(OCCO)c(C)c1C. The van der Waals surface area contributed by atoms with E-state index in [0.717, 1.165) is 11.3 Å². The lowest BCUT2D eigenvalue weighted by atomic mass is 10.0. The van der Waals surface area contributed by atoms with Gasteiger partial charge in [-0.1, -0.05) is 6.07 Å². The normalized spacial score (nSPS) is 10.2. The van der Waals surface area contributed by atoms with Gasteiger partial charge in [-0.05, 0) is 43.5 Å². The van der Waals surface area contributed by atoms with Gasteiger partial charge in [0, 0.05) is 0 Å². The van der Waals surface area contributed by atoms with Crippen LogP contribution in [0.25, 0.3) is 0 Å². The fourth-order valence-corrected chi connectivity index (χ4v) is 1.24. The third kappa shape index (κ3) is 2.22. The number of aliphatic hydroxyl groups is 1. The topological polar surface area (TPSA) is 29.5 Å². The van der Waals surface area contributed by atoms with E-state index in [1.54, 1.807) is 0 Å². The molecule has 0 aliphatic carbocycles. The average Bonchev–Trinajstić information content (AvgIpc) is 2.13. The molecule has 1 aromatic rings. The molecule has 2 nitrogen and oxygen atoms in total. The lowest BCUT2D eigenvalue weighted by Gasteiger charge is -2.11. The van der Waals surface area contributed by atoms with Gasteiger partial charge in [-0.2, -0.15) is 0 Å². The molecule has 0 aliphatic rings. The summed E-state index contributed by atoms with van der Waals surface area (Å²) >= 11 is 0. The second kappa shape index (κ2) is 4.28. The molecule has 0 amide bonds. The monoisotopic (exact) mass is 180 g/mol. The molecule has 0 radical (unpaired) electrons. The first-order valence-corrected chi connectivity index (χ1v) is 4.47. The summed E-state index contributed by atoms with van der Waals surface area (Å²) in [7, 11) is 0. The predicted molar refractivity (Wildman–Crippen MR) is 53.2 cm³/mol. The summed E-state index contributed by atoms with van der Waals surface area (Å²) < 4.78 is 5.37. The zero-order valence-corrected chi connectivity index (χ0v) is 8.42. The van der Waals surface area contributed by atoms with Crippen LogP contribution >= 0.6 is 0 Å². The van der Waals surface area contributed by atoms with Crippen molar-refractivity contribution in [3.63, 3.8) is 0 Å². The fraction of sp³-hybridized carbons (Fsp3) is 0.455. The first kappa shape index (κ1) is 10.1. The van der Waals surface area contributed by atoms with Crippen LogP contribution in [-0.2, 0) is 0 Å². The van der Waals surface area contributed by atoms with Gasteiger partial charge >= 0.3 is 0 Å². The van der Waals surface area contributed by atoms with Gasteiger partial charge in [0.1, 0.15) is 12.4 Å². The van der Waals surface area contributed by atoms with Gasteiger partial charge in [0.2, 0.25) is 0 Å². The summed E-state index contributed by atoms with van der Waals surface area (Å²) in [5.74, 6) is 0.872. The molecule has 0 heterocycles.